The van der Waals surface area contributed by atoms with Crippen LogP contribution in [0.4, 0.5) is 0 Å². The summed E-state index contributed by atoms with van der Waals surface area (Å²) in [7, 11) is 1.77. The minimum atomic E-state index is 0. The van der Waals surface area contributed by atoms with Crippen LogP contribution in [0.3, 0.4) is 0 Å². The van der Waals surface area contributed by atoms with Crippen molar-refractivity contribution in [3.8, 4) is 0 Å². The van der Waals surface area contributed by atoms with Gasteiger partial charge in [0.05, 0.1) is 19.8 Å². The molecule has 5 nitrogen and oxygen atoms in total. The van der Waals surface area contributed by atoms with Gasteiger partial charge in [-0.15, -0.1) is 24.0 Å². The van der Waals surface area contributed by atoms with Gasteiger partial charge in [-0.25, -0.2) is 0 Å². The first-order valence-electron chi connectivity index (χ1n) is 8.52. The van der Waals surface area contributed by atoms with Crippen LogP contribution in [0.5, 0.6) is 0 Å². The molecule has 1 aromatic rings. The van der Waals surface area contributed by atoms with Crippen molar-refractivity contribution in [1.82, 2.24) is 10.6 Å². The van der Waals surface area contributed by atoms with Crippen molar-refractivity contribution in [1.29, 1.82) is 0 Å². The standard InChI is InChI=1S/C18H30BrN3O2.HI/c1-4-5-9-23-11-12-24-10-8-21-18(20-3)22-14-16-6-7-17(19)13-15(16)2;/h6-7,13H,4-5,8-12,14H2,1-3H3,(H2,20,21,22);1H. The van der Waals surface area contributed by atoms with Gasteiger partial charge in [-0.05, 0) is 36.6 Å². The SMILES string of the molecule is CCCCOCCOCCNC(=NC)NCc1ccc(Br)cc1C.I. The van der Waals surface area contributed by atoms with E-state index in [1.54, 1.807) is 7.05 Å². The Morgan fingerprint density at radius 3 is 2.48 bits per heavy atom. The highest BCUT2D eigenvalue weighted by atomic mass is 127. The zero-order valence-electron chi connectivity index (χ0n) is 15.4. The minimum absolute atomic E-state index is 0. The second-order valence-electron chi connectivity index (χ2n) is 5.50. The molecule has 0 aliphatic rings. The van der Waals surface area contributed by atoms with Crippen LogP contribution in [0.1, 0.15) is 30.9 Å². The number of rotatable bonds is 11. The second kappa shape index (κ2) is 15.8. The number of aryl methyl sites for hydroxylation is 1. The molecule has 7 heteroatoms. The summed E-state index contributed by atoms with van der Waals surface area (Å²) in [6, 6.07) is 6.28. The number of hydrogen-bond acceptors (Lipinski definition) is 3. The molecule has 0 aliphatic heterocycles. The van der Waals surface area contributed by atoms with Crippen LogP contribution >= 0.6 is 39.9 Å². The Bertz CT molecular complexity index is 501. The number of halogens is 2. The minimum Gasteiger partial charge on any atom is -0.379 e. The number of hydrogen-bond donors (Lipinski definition) is 2. The van der Waals surface area contributed by atoms with E-state index in [2.05, 4.69) is 63.6 Å². The number of ether oxygens (including phenoxy) is 2. The molecule has 144 valence electrons. The highest BCUT2D eigenvalue weighted by Crippen LogP contribution is 2.15. The zero-order chi connectivity index (χ0) is 17.6. The normalized spacial score (nSPS) is 11.1. The zero-order valence-corrected chi connectivity index (χ0v) is 19.4. The maximum atomic E-state index is 5.53. The van der Waals surface area contributed by atoms with Gasteiger partial charge in [0.25, 0.3) is 0 Å². The van der Waals surface area contributed by atoms with Gasteiger partial charge in [-0.3, -0.25) is 4.99 Å². The van der Waals surface area contributed by atoms with Crippen LogP contribution in [0.2, 0.25) is 0 Å². The van der Waals surface area contributed by atoms with Gasteiger partial charge < -0.3 is 20.1 Å². The molecule has 0 unspecified atom stereocenters. The molecule has 0 aromatic heterocycles. The molecule has 0 bridgehead atoms. The van der Waals surface area contributed by atoms with Crippen LogP contribution in [-0.4, -0.2) is 46.0 Å². The van der Waals surface area contributed by atoms with Gasteiger partial charge in [0.15, 0.2) is 5.96 Å². The van der Waals surface area contributed by atoms with Crippen LogP contribution in [0.25, 0.3) is 0 Å². The maximum absolute atomic E-state index is 5.53. The molecule has 0 amide bonds. The van der Waals surface area contributed by atoms with Crippen LogP contribution in [0, 0.1) is 6.92 Å². The lowest BCUT2D eigenvalue weighted by molar-refractivity contribution is 0.0487. The monoisotopic (exact) mass is 527 g/mol. The van der Waals surface area contributed by atoms with E-state index in [1.807, 2.05) is 0 Å². The van der Waals surface area contributed by atoms with E-state index in [4.69, 9.17) is 9.47 Å². The summed E-state index contributed by atoms with van der Waals surface area (Å²) in [6.07, 6.45) is 2.28. The molecule has 0 aliphatic carbocycles. The van der Waals surface area contributed by atoms with Crippen molar-refractivity contribution in [2.45, 2.75) is 33.2 Å². The Morgan fingerprint density at radius 1 is 1.12 bits per heavy atom. The van der Waals surface area contributed by atoms with Crippen molar-refractivity contribution in [2.24, 2.45) is 4.99 Å². The lowest BCUT2D eigenvalue weighted by Gasteiger charge is -2.13. The summed E-state index contributed by atoms with van der Waals surface area (Å²) < 4.78 is 12.1. The molecule has 0 fully saturated rings. The Hall–Kier alpha value is -0.380. The fourth-order valence-electron chi connectivity index (χ4n) is 2.07. The molecule has 0 saturated heterocycles. The highest BCUT2D eigenvalue weighted by Gasteiger charge is 2.01. The summed E-state index contributed by atoms with van der Waals surface area (Å²) in [6.45, 7) is 8.47. The molecule has 0 spiro atoms. The summed E-state index contributed by atoms with van der Waals surface area (Å²) >= 11 is 3.48. The summed E-state index contributed by atoms with van der Waals surface area (Å²) in [4.78, 5) is 4.22. The Kier molecular flexibility index (Phi) is 15.6. The van der Waals surface area contributed by atoms with Crippen LogP contribution < -0.4 is 10.6 Å². The fourth-order valence-corrected chi connectivity index (χ4v) is 2.54. The number of nitrogens with zero attached hydrogens (tertiary/aromatic N) is 1. The second-order valence-corrected chi connectivity index (χ2v) is 6.42. The number of guanidine groups is 1. The number of unbranched alkanes of at least 4 members (excludes halogenated alkanes) is 1. The lowest BCUT2D eigenvalue weighted by Crippen LogP contribution is -2.38. The van der Waals surface area contributed by atoms with E-state index in [0.717, 1.165) is 36.4 Å². The van der Waals surface area contributed by atoms with Gasteiger partial charge >= 0.3 is 0 Å². The number of benzene rings is 1. The first kappa shape index (κ1) is 24.6. The molecule has 0 radical (unpaired) electrons. The van der Waals surface area contributed by atoms with Crippen molar-refractivity contribution in [3.05, 3.63) is 33.8 Å². The number of aliphatic imine (C=N–C) groups is 1. The van der Waals surface area contributed by atoms with Crippen molar-refractivity contribution < 1.29 is 9.47 Å². The molecular formula is C18H31BrIN3O2. The smallest absolute Gasteiger partial charge is 0.191 e. The summed E-state index contributed by atoms with van der Waals surface area (Å²) in [5, 5.41) is 6.56. The maximum Gasteiger partial charge on any atom is 0.191 e. The molecule has 25 heavy (non-hydrogen) atoms. The largest absolute Gasteiger partial charge is 0.379 e. The quantitative estimate of drug-likeness (QED) is 0.198. The molecule has 0 saturated carbocycles. The van der Waals surface area contributed by atoms with Crippen molar-refractivity contribution >= 4 is 45.9 Å². The first-order valence-corrected chi connectivity index (χ1v) is 9.31. The molecule has 2 N–H and O–H groups in total. The van der Waals surface area contributed by atoms with Crippen molar-refractivity contribution in [2.75, 3.05) is 40.0 Å². The molecule has 1 rings (SSSR count). The van der Waals surface area contributed by atoms with E-state index in [-0.39, 0.29) is 24.0 Å². The van der Waals surface area contributed by atoms with Crippen LogP contribution in [-0.2, 0) is 16.0 Å². The van der Waals surface area contributed by atoms with Gasteiger partial charge in [0.1, 0.15) is 0 Å². The Labute approximate surface area is 177 Å². The summed E-state index contributed by atoms with van der Waals surface area (Å²) in [5.41, 5.74) is 2.50. The van der Waals surface area contributed by atoms with Gasteiger partial charge in [0, 0.05) is 31.2 Å². The predicted octanol–water partition coefficient (Wildman–Crippen LogP) is 3.87. The summed E-state index contributed by atoms with van der Waals surface area (Å²) in [5.74, 6) is 0.778. The molecule has 0 atom stereocenters. The molecular weight excluding hydrogens is 497 g/mol. The van der Waals surface area contributed by atoms with E-state index in [1.165, 1.54) is 11.1 Å². The Balaban J connectivity index is 0.00000576. The Morgan fingerprint density at radius 2 is 1.84 bits per heavy atom. The average Bonchev–Trinajstić information content (AvgIpc) is 2.57. The molecule has 1 aromatic carbocycles. The van der Waals surface area contributed by atoms with Crippen molar-refractivity contribution in [3.63, 3.8) is 0 Å². The van der Waals surface area contributed by atoms with E-state index < -0.39 is 0 Å². The highest BCUT2D eigenvalue weighted by molar-refractivity contribution is 14.0. The van der Waals surface area contributed by atoms with Gasteiger partial charge in [-0.2, -0.15) is 0 Å². The van der Waals surface area contributed by atoms with Crippen LogP contribution in [0.15, 0.2) is 27.7 Å². The predicted molar refractivity (Wildman–Crippen MR) is 119 cm³/mol. The number of nitrogens with one attached hydrogen (secondary N) is 2. The third-order valence-corrected chi connectivity index (χ3v) is 4.02. The van der Waals surface area contributed by atoms with E-state index in [9.17, 15) is 0 Å². The average molecular weight is 528 g/mol. The topological polar surface area (TPSA) is 54.9 Å². The third-order valence-electron chi connectivity index (χ3n) is 3.53. The van der Waals surface area contributed by atoms with Gasteiger partial charge in [0.2, 0.25) is 0 Å². The van der Waals surface area contributed by atoms with E-state index in [0.29, 0.717) is 26.4 Å². The fraction of sp³-hybridized carbons (Fsp3) is 0.611. The lowest BCUT2D eigenvalue weighted by atomic mass is 10.1. The van der Waals surface area contributed by atoms with E-state index >= 15 is 0 Å². The first-order chi connectivity index (χ1) is 11.7. The third kappa shape index (κ3) is 11.8. The van der Waals surface area contributed by atoms with Gasteiger partial charge in [-0.1, -0.05) is 35.3 Å². The molecule has 0 heterocycles.